The van der Waals surface area contributed by atoms with Crippen molar-refractivity contribution in [1.82, 2.24) is 9.47 Å². The van der Waals surface area contributed by atoms with Gasteiger partial charge >= 0.3 is 11.9 Å². The van der Waals surface area contributed by atoms with E-state index in [1.807, 2.05) is 38.5 Å². The average molecular weight is 577 g/mol. The molecule has 0 amide bonds. The minimum absolute atomic E-state index is 0.0229. The van der Waals surface area contributed by atoms with Gasteiger partial charge in [-0.15, -0.1) is 0 Å². The lowest BCUT2D eigenvalue weighted by Gasteiger charge is -2.19. The predicted molar refractivity (Wildman–Crippen MR) is 161 cm³/mol. The number of aromatic nitrogens is 1. The van der Waals surface area contributed by atoms with Crippen LogP contribution in [0.1, 0.15) is 63.9 Å². The third-order valence-electron chi connectivity index (χ3n) is 6.76. The highest BCUT2D eigenvalue weighted by Gasteiger charge is 2.36. The molecule has 0 spiro atoms. The Morgan fingerprint density at radius 2 is 1.62 bits per heavy atom. The smallest absolute Gasteiger partial charge is 0.316 e. The van der Waals surface area contributed by atoms with Gasteiger partial charge in [0.15, 0.2) is 5.76 Å². The molecule has 1 aliphatic rings. The van der Waals surface area contributed by atoms with Crippen molar-refractivity contribution < 1.29 is 33.3 Å². The monoisotopic (exact) mass is 576 g/mol. The van der Waals surface area contributed by atoms with Gasteiger partial charge in [-0.3, -0.25) is 14.4 Å². The molecule has 0 aliphatic carbocycles. The molecular formula is C33H40N2O7. The van der Waals surface area contributed by atoms with E-state index in [0.717, 1.165) is 36.0 Å². The largest absolute Gasteiger partial charge is 0.497 e. The maximum atomic E-state index is 13.7. The highest BCUT2D eigenvalue weighted by atomic mass is 16.6. The van der Waals surface area contributed by atoms with Crippen molar-refractivity contribution in [2.45, 2.75) is 54.5 Å². The second-order valence-electron chi connectivity index (χ2n) is 12.8. The standard InChI is InChI=1S/C33H40N2O7/c1-32(2,3)30(37)40-22-17-25-28(26(18-22)42-31(38)33(4,5)6)29(36)27(41-25)15-20-19-35(14-10-13-34(7)8)24-12-11-21(39-9)16-23(20)24/h11-12,15-19H,10,13-14H2,1-9H3/b27-15-. The van der Waals surface area contributed by atoms with Gasteiger partial charge in [0.25, 0.3) is 0 Å². The minimum atomic E-state index is -0.834. The van der Waals surface area contributed by atoms with Crippen LogP contribution in [0.25, 0.3) is 17.0 Å². The molecule has 0 radical (unpaired) electrons. The molecule has 0 N–H and O–H groups in total. The number of ketones is 1. The predicted octanol–water partition coefficient (Wildman–Crippen LogP) is 6.12. The summed E-state index contributed by atoms with van der Waals surface area (Å²) in [6.45, 7) is 12.1. The van der Waals surface area contributed by atoms with Crippen LogP contribution in [0, 0.1) is 10.8 Å². The van der Waals surface area contributed by atoms with Crippen molar-refractivity contribution in [3.8, 4) is 23.0 Å². The average Bonchev–Trinajstić information content (AvgIpc) is 3.39. The third kappa shape index (κ3) is 6.68. The van der Waals surface area contributed by atoms with Crippen LogP contribution in [0.4, 0.5) is 0 Å². The fraction of sp³-hybridized carbons (Fsp3) is 0.424. The normalized spacial score (nSPS) is 14.3. The van der Waals surface area contributed by atoms with E-state index in [4.69, 9.17) is 18.9 Å². The van der Waals surface area contributed by atoms with Gasteiger partial charge in [0.05, 0.1) is 17.9 Å². The molecule has 2 heterocycles. The van der Waals surface area contributed by atoms with Gasteiger partial charge in [-0.05, 0) is 92.9 Å². The topological polar surface area (TPSA) is 96.3 Å². The Balaban J connectivity index is 1.77. The zero-order valence-electron chi connectivity index (χ0n) is 25.9. The number of fused-ring (bicyclic) bond motifs is 2. The second kappa shape index (κ2) is 11.6. The van der Waals surface area contributed by atoms with Gasteiger partial charge in [0, 0.05) is 41.3 Å². The number of Topliss-reactive ketones (excluding diaryl/α,β-unsaturated/α-hetero) is 1. The van der Waals surface area contributed by atoms with Crippen LogP contribution < -0.4 is 18.9 Å². The quantitative estimate of drug-likeness (QED) is 0.180. The molecule has 4 rings (SSSR count). The Kier molecular flexibility index (Phi) is 8.55. The number of rotatable bonds is 8. The van der Waals surface area contributed by atoms with Crippen molar-refractivity contribution in [1.29, 1.82) is 0 Å². The summed E-state index contributed by atoms with van der Waals surface area (Å²) in [5.41, 5.74) is 0.268. The number of esters is 2. The maximum Gasteiger partial charge on any atom is 0.316 e. The SMILES string of the molecule is COc1ccc2c(c1)c(/C=C1\Oc3cc(OC(=O)C(C)(C)C)cc(OC(=O)C(C)(C)C)c3C1=O)cn2CCCN(C)C. The first-order valence-corrected chi connectivity index (χ1v) is 14.0. The van der Waals surface area contributed by atoms with Crippen LogP contribution in [0.3, 0.4) is 0 Å². The fourth-order valence-corrected chi connectivity index (χ4v) is 4.33. The summed E-state index contributed by atoms with van der Waals surface area (Å²) in [4.78, 5) is 41.3. The van der Waals surface area contributed by atoms with Crippen LogP contribution in [-0.2, 0) is 16.1 Å². The van der Waals surface area contributed by atoms with Crippen LogP contribution in [0.15, 0.2) is 42.3 Å². The zero-order chi connectivity index (χ0) is 31.0. The summed E-state index contributed by atoms with van der Waals surface area (Å²) in [5, 5.41) is 0.901. The molecule has 0 saturated carbocycles. The summed E-state index contributed by atoms with van der Waals surface area (Å²) in [5.74, 6) is -0.466. The molecule has 2 aromatic carbocycles. The first kappa shape index (κ1) is 30.8. The third-order valence-corrected chi connectivity index (χ3v) is 6.76. The van der Waals surface area contributed by atoms with Crippen molar-refractivity contribution in [3.63, 3.8) is 0 Å². The van der Waals surface area contributed by atoms with Crippen LogP contribution in [-0.4, -0.2) is 54.9 Å². The fourth-order valence-electron chi connectivity index (χ4n) is 4.33. The lowest BCUT2D eigenvalue weighted by molar-refractivity contribution is -0.143. The molecule has 0 unspecified atom stereocenters. The number of hydrogen-bond acceptors (Lipinski definition) is 8. The van der Waals surface area contributed by atoms with E-state index in [1.165, 1.54) is 12.1 Å². The van der Waals surface area contributed by atoms with E-state index in [1.54, 1.807) is 54.7 Å². The Bertz CT molecular complexity index is 1570. The molecule has 9 nitrogen and oxygen atoms in total. The van der Waals surface area contributed by atoms with Gasteiger partial charge in [-0.2, -0.15) is 0 Å². The highest BCUT2D eigenvalue weighted by molar-refractivity contribution is 6.17. The molecule has 42 heavy (non-hydrogen) atoms. The van der Waals surface area contributed by atoms with Crippen molar-refractivity contribution in [2.75, 3.05) is 27.7 Å². The number of ether oxygens (including phenoxy) is 4. The first-order chi connectivity index (χ1) is 19.6. The number of carbonyl (C=O) groups is 3. The molecular weight excluding hydrogens is 536 g/mol. The Hall–Kier alpha value is -4.11. The van der Waals surface area contributed by atoms with Gasteiger partial charge in [-0.1, -0.05) is 0 Å². The Morgan fingerprint density at radius 1 is 0.952 bits per heavy atom. The summed E-state index contributed by atoms with van der Waals surface area (Å²) in [6.07, 6.45) is 4.62. The van der Waals surface area contributed by atoms with E-state index in [-0.39, 0.29) is 28.6 Å². The van der Waals surface area contributed by atoms with E-state index in [9.17, 15) is 14.4 Å². The molecule has 0 atom stereocenters. The van der Waals surface area contributed by atoms with Crippen molar-refractivity contribution >= 4 is 34.7 Å². The van der Waals surface area contributed by atoms with Crippen LogP contribution >= 0.6 is 0 Å². The van der Waals surface area contributed by atoms with Gasteiger partial charge in [-0.25, -0.2) is 0 Å². The summed E-state index contributed by atoms with van der Waals surface area (Å²) in [7, 11) is 5.69. The van der Waals surface area contributed by atoms with Crippen molar-refractivity contribution in [2.24, 2.45) is 10.8 Å². The van der Waals surface area contributed by atoms with Crippen LogP contribution in [0.5, 0.6) is 23.0 Å². The number of hydrogen-bond donors (Lipinski definition) is 0. The lowest BCUT2D eigenvalue weighted by atomic mass is 9.97. The van der Waals surface area contributed by atoms with E-state index in [2.05, 4.69) is 9.47 Å². The van der Waals surface area contributed by atoms with E-state index < -0.39 is 28.6 Å². The summed E-state index contributed by atoms with van der Waals surface area (Å²) < 4.78 is 24.9. The van der Waals surface area contributed by atoms with Crippen LogP contribution in [0.2, 0.25) is 0 Å². The van der Waals surface area contributed by atoms with Crippen molar-refractivity contribution in [3.05, 3.63) is 53.4 Å². The van der Waals surface area contributed by atoms with E-state index >= 15 is 0 Å². The lowest BCUT2D eigenvalue weighted by Crippen LogP contribution is -2.27. The molecule has 1 aliphatic heterocycles. The van der Waals surface area contributed by atoms with Gasteiger partial charge in [0.2, 0.25) is 5.78 Å². The number of allylic oxidation sites excluding steroid dienone is 1. The second-order valence-corrected chi connectivity index (χ2v) is 12.8. The molecule has 0 saturated heterocycles. The molecule has 3 aromatic rings. The maximum absolute atomic E-state index is 13.7. The van der Waals surface area contributed by atoms with Gasteiger partial charge < -0.3 is 28.4 Å². The molecule has 0 fully saturated rings. The number of methoxy groups -OCH3 is 1. The number of nitrogens with zero attached hydrogens (tertiary/aromatic N) is 2. The summed E-state index contributed by atoms with van der Waals surface area (Å²) in [6, 6.07) is 8.69. The number of benzene rings is 2. The molecule has 0 bridgehead atoms. The zero-order valence-corrected chi connectivity index (χ0v) is 25.9. The molecule has 224 valence electrons. The minimum Gasteiger partial charge on any atom is -0.497 e. The first-order valence-electron chi connectivity index (χ1n) is 14.0. The van der Waals surface area contributed by atoms with Gasteiger partial charge in [0.1, 0.15) is 28.6 Å². The highest BCUT2D eigenvalue weighted by Crippen LogP contribution is 2.43. The number of carbonyl (C=O) groups excluding carboxylic acids is 3. The Morgan fingerprint density at radius 3 is 2.24 bits per heavy atom. The number of aryl methyl sites for hydroxylation is 1. The Labute approximate surface area is 247 Å². The molecule has 9 heteroatoms. The summed E-state index contributed by atoms with van der Waals surface area (Å²) >= 11 is 0. The molecule has 1 aromatic heterocycles. The van der Waals surface area contributed by atoms with E-state index in [0.29, 0.717) is 5.75 Å².